The molecule has 0 amide bonds. The summed E-state index contributed by atoms with van der Waals surface area (Å²) in [5, 5.41) is 1.31. The van der Waals surface area contributed by atoms with Crippen LogP contribution in [-0.4, -0.2) is 4.98 Å². The second-order valence-corrected chi connectivity index (χ2v) is 6.87. The van der Waals surface area contributed by atoms with Gasteiger partial charge in [-0.15, -0.1) is 11.3 Å². The van der Waals surface area contributed by atoms with Gasteiger partial charge in [0, 0.05) is 21.3 Å². The molecule has 1 fully saturated rings. The second-order valence-electron chi connectivity index (χ2n) is 4.67. The van der Waals surface area contributed by atoms with Crippen LogP contribution in [0.25, 0.3) is 11.3 Å². The molecule has 1 aromatic carbocycles. The van der Waals surface area contributed by atoms with Gasteiger partial charge in [-0.1, -0.05) is 28.1 Å². The Morgan fingerprint density at radius 1 is 1.41 bits per heavy atom. The molecule has 2 aromatic rings. The van der Waals surface area contributed by atoms with Crippen molar-refractivity contribution in [1.29, 1.82) is 0 Å². The number of halogens is 1. The Bertz CT molecular complexity index is 543. The van der Waals surface area contributed by atoms with E-state index < -0.39 is 0 Å². The summed E-state index contributed by atoms with van der Waals surface area (Å²) >= 11 is 5.37. The van der Waals surface area contributed by atoms with Crippen molar-refractivity contribution in [2.24, 2.45) is 5.92 Å². The number of thiazole rings is 1. The Morgan fingerprint density at radius 2 is 2.24 bits per heavy atom. The number of hydrogen-bond donors (Lipinski definition) is 0. The molecule has 0 saturated heterocycles. The third kappa shape index (κ3) is 2.61. The Balaban J connectivity index is 1.93. The molecule has 17 heavy (non-hydrogen) atoms. The summed E-state index contributed by atoms with van der Waals surface area (Å²) in [5.74, 6) is 0.913. The zero-order chi connectivity index (χ0) is 11.8. The summed E-state index contributed by atoms with van der Waals surface area (Å²) in [5.41, 5.74) is 2.38. The van der Waals surface area contributed by atoms with Crippen molar-refractivity contribution in [3.8, 4) is 11.3 Å². The topological polar surface area (TPSA) is 12.9 Å². The lowest BCUT2D eigenvalue weighted by Gasteiger charge is -1.99. The van der Waals surface area contributed by atoms with E-state index >= 15 is 0 Å². The first-order chi connectivity index (χ1) is 8.22. The molecule has 3 heteroatoms. The van der Waals surface area contributed by atoms with Gasteiger partial charge in [-0.05, 0) is 37.8 Å². The predicted molar refractivity (Wildman–Crippen MR) is 76.4 cm³/mol. The highest BCUT2D eigenvalue weighted by Gasteiger charge is 2.23. The normalized spacial score (nSPS) is 15.2. The third-order valence-electron chi connectivity index (χ3n) is 3.10. The monoisotopic (exact) mass is 307 g/mol. The molecule has 1 heterocycles. The van der Waals surface area contributed by atoms with Crippen LogP contribution in [0.15, 0.2) is 28.7 Å². The summed E-state index contributed by atoms with van der Waals surface area (Å²) in [4.78, 5) is 6.13. The zero-order valence-electron chi connectivity index (χ0n) is 9.74. The fraction of sp³-hybridized carbons (Fsp3) is 0.357. The van der Waals surface area contributed by atoms with Crippen LogP contribution in [0.3, 0.4) is 0 Å². The van der Waals surface area contributed by atoms with Crippen LogP contribution < -0.4 is 0 Å². The molecule has 88 valence electrons. The lowest BCUT2D eigenvalue weighted by Crippen LogP contribution is -1.86. The summed E-state index contributed by atoms with van der Waals surface area (Å²) in [6.07, 6.45) is 3.97. The van der Waals surface area contributed by atoms with Crippen molar-refractivity contribution in [2.45, 2.75) is 26.2 Å². The van der Waals surface area contributed by atoms with Crippen molar-refractivity contribution in [1.82, 2.24) is 4.98 Å². The summed E-state index contributed by atoms with van der Waals surface area (Å²) in [7, 11) is 0. The van der Waals surface area contributed by atoms with E-state index in [9.17, 15) is 0 Å². The molecule has 0 radical (unpaired) electrons. The predicted octanol–water partition coefficient (Wildman–Crippen LogP) is 4.83. The smallest absolute Gasteiger partial charge is 0.0938 e. The number of hydrogen-bond acceptors (Lipinski definition) is 2. The van der Waals surface area contributed by atoms with E-state index in [1.807, 2.05) is 11.3 Å². The van der Waals surface area contributed by atoms with Crippen LogP contribution in [0.1, 0.15) is 22.7 Å². The molecule has 1 aliphatic rings. The minimum Gasteiger partial charge on any atom is -0.241 e. The van der Waals surface area contributed by atoms with Crippen molar-refractivity contribution in [3.63, 3.8) is 0 Å². The molecular weight excluding hydrogens is 294 g/mol. The van der Waals surface area contributed by atoms with Gasteiger partial charge in [-0.3, -0.25) is 0 Å². The molecular formula is C14H14BrNS. The fourth-order valence-electron chi connectivity index (χ4n) is 2.01. The van der Waals surface area contributed by atoms with Gasteiger partial charge < -0.3 is 0 Å². The van der Waals surface area contributed by atoms with E-state index in [4.69, 9.17) is 4.98 Å². The average molecular weight is 308 g/mol. The fourth-order valence-corrected chi connectivity index (χ4v) is 3.48. The van der Waals surface area contributed by atoms with E-state index in [2.05, 4.69) is 47.1 Å². The van der Waals surface area contributed by atoms with E-state index in [0.29, 0.717) is 0 Å². The molecule has 0 atom stereocenters. The van der Waals surface area contributed by atoms with Gasteiger partial charge >= 0.3 is 0 Å². The second kappa shape index (κ2) is 4.54. The summed E-state index contributed by atoms with van der Waals surface area (Å²) in [6.45, 7) is 2.17. The molecule has 0 aliphatic heterocycles. The van der Waals surface area contributed by atoms with Gasteiger partial charge in [-0.2, -0.15) is 0 Å². The van der Waals surface area contributed by atoms with Crippen LogP contribution in [0, 0.1) is 12.8 Å². The maximum Gasteiger partial charge on any atom is 0.0938 e. The van der Waals surface area contributed by atoms with E-state index in [1.54, 1.807) is 0 Å². The van der Waals surface area contributed by atoms with Gasteiger partial charge in [0.2, 0.25) is 0 Å². The first kappa shape index (κ1) is 11.4. The molecule has 1 nitrogen and oxygen atoms in total. The van der Waals surface area contributed by atoms with E-state index in [0.717, 1.165) is 16.1 Å². The largest absolute Gasteiger partial charge is 0.241 e. The van der Waals surface area contributed by atoms with Crippen molar-refractivity contribution >= 4 is 27.3 Å². The zero-order valence-corrected chi connectivity index (χ0v) is 12.1. The van der Waals surface area contributed by atoms with Crippen LogP contribution in [-0.2, 0) is 6.42 Å². The van der Waals surface area contributed by atoms with Crippen LogP contribution in [0.2, 0.25) is 0 Å². The molecule has 1 aromatic heterocycles. The number of aryl methyl sites for hydroxylation is 1. The van der Waals surface area contributed by atoms with Gasteiger partial charge in [-0.25, -0.2) is 4.98 Å². The number of benzene rings is 1. The average Bonchev–Trinajstić information content (AvgIpc) is 3.01. The molecule has 1 saturated carbocycles. The van der Waals surface area contributed by atoms with Crippen molar-refractivity contribution < 1.29 is 0 Å². The minimum absolute atomic E-state index is 0.913. The third-order valence-corrected chi connectivity index (χ3v) is 4.59. The first-order valence-electron chi connectivity index (χ1n) is 5.94. The highest BCUT2D eigenvalue weighted by molar-refractivity contribution is 9.10. The number of aromatic nitrogens is 1. The molecule has 0 N–H and O–H groups in total. The summed E-state index contributed by atoms with van der Waals surface area (Å²) < 4.78 is 1.12. The maximum atomic E-state index is 4.80. The SMILES string of the molecule is Cc1sc(CC2CC2)nc1-c1cccc(Br)c1. The molecule has 3 rings (SSSR count). The van der Waals surface area contributed by atoms with Gasteiger partial charge in [0.1, 0.15) is 0 Å². The lowest BCUT2D eigenvalue weighted by molar-refractivity contribution is 0.825. The Morgan fingerprint density at radius 3 is 2.94 bits per heavy atom. The molecule has 0 unspecified atom stereocenters. The van der Waals surface area contributed by atoms with E-state index in [-0.39, 0.29) is 0 Å². The highest BCUT2D eigenvalue weighted by atomic mass is 79.9. The lowest BCUT2D eigenvalue weighted by atomic mass is 10.1. The quantitative estimate of drug-likeness (QED) is 0.791. The van der Waals surface area contributed by atoms with Crippen LogP contribution in [0.5, 0.6) is 0 Å². The van der Waals surface area contributed by atoms with Crippen LogP contribution >= 0.6 is 27.3 Å². The first-order valence-corrected chi connectivity index (χ1v) is 7.55. The minimum atomic E-state index is 0.913. The van der Waals surface area contributed by atoms with Crippen LogP contribution in [0.4, 0.5) is 0 Å². The van der Waals surface area contributed by atoms with Gasteiger partial charge in [0.25, 0.3) is 0 Å². The van der Waals surface area contributed by atoms with E-state index in [1.165, 1.54) is 34.7 Å². The Kier molecular flexibility index (Phi) is 3.05. The van der Waals surface area contributed by atoms with Crippen molar-refractivity contribution in [2.75, 3.05) is 0 Å². The Hall–Kier alpha value is -0.670. The number of rotatable bonds is 3. The Labute approximate surface area is 114 Å². The van der Waals surface area contributed by atoms with Gasteiger partial charge in [0.15, 0.2) is 0 Å². The molecule has 0 bridgehead atoms. The number of nitrogens with zero attached hydrogens (tertiary/aromatic N) is 1. The standard InChI is InChI=1S/C14H14BrNS/c1-9-14(11-3-2-4-12(15)8-11)16-13(17-9)7-10-5-6-10/h2-4,8,10H,5-7H2,1H3. The van der Waals surface area contributed by atoms with Crippen molar-refractivity contribution in [3.05, 3.63) is 38.6 Å². The highest BCUT2D eigenvalue weighted by Crippen LogP contribution is 2.36. The maximum absolute atomic E-state index is 4.80. The van der Waals surface area contributed by atoms with Gasteiger partial charge in [0.05, 0.1) is 10.7 Å². The molecule has 0 spiro atoms. The molecule has 1 aliphatic carbocycles. The summed E-state index contributed by atoms with van der Waals surface area (Å²) in [6, 6.07) is 8.39.